The molecule has 0 atom stereocenters. The highest BCUT2D eigenvalue weighted by Gasteiger charge is 2.44. The summed E-state index contributed by atoms with van der Waals surface area (Å²) in [6, 6.07) is 16.6. The molecule has 5 rings (SSSR count). The van der Waals surface area contributed by atoms with Crippen LogP contribution in [0.3, 0.4) is 0 Å². The van der Waals surface area contributed by atoms with Crippen molar-refractivity contribution < 1.29 is 4.58 Å². The van der Waals surface area contributed by atoms with Crippen LogP contribution >= 0.6 is 11.6 Å². The quantitative estimate of drug-likeness (QED) is 0.343. The Balaban J connectivity index is 1.49. The molecule has 2 aromatic carbocycles. The Morgan fingerprint density at radius 3 is 2.24 bits per heavy atom. The van der Waals surface area contributed by atoms with E-state index in [1.54, 1.807) is 0 Å². The molecular formula is C36H38ClN4+. The minimum Gasteiger partial charge on any atom is -0.344 e. The lowest BCUT2D eigenvalue weighted by Crippen LogP contribution is -2.27. The second kappa shape index (κ2) is 10.8. The lowest BCUT2D eigenvalue weighted by Gasteiger charge is -2.26. The van der Waals surface area contributed by atoms with E-state index in [-0.39, 0.29) is 10.8 Å². The van der Waals surface area contributed by atoms with Gasteiger partial charge in [0.15, 0.2) is 5.71 Å². The van der Waals surface area contributed by atoms with E-state index in [1.807, 2.05) is 24.3 Å². The number of hydrogen-bond acceptors (Lipinski definition) is 3. The van der Waals surface area contributed by atoms with Crippen molar-refractivity contribution in [2.24, 2.45) is 0 Å². The van der Waals surface area contributed by atoms with Crippen molar-refractivity contribution in [3.05, 3.63) is 105 Å². The molecule has 0 spiro atoms. The average molecular weight is 562 g/mol. The summed E-state index contributed by atoms with van der Waals surface area (Å²) in [6.45, 7) is 15.0. The van der Waals surface area contributed by atoms with Gasteiger partial charge in [0.05, 0.1) is 28.7 Å². The molecular weight excluding hydrogens is 524 g/mol. The van der Waals surface area contributed by atoms with E-state index in [9.17, 15) is 10.5 Å². The summed E-state index contributed by atoms with van der Waals surface area (Å²) in [5.74, 6) is 0. The summed E-state index contributed by atoms with van der Waals surface area (Å²) in [6.07, 6.45) is 11.8. The van der Waals surface area contributed by atoms with Crippen molar-refractivity contribution in [3.63, 3.8) is 0 Å². The van der Waals surface area contributed by atoms with Gasteiger partial charge in [-0.05, 0) is 100 Å². The van der Waals surface area contributed by atoms with Crippen LogP contribution in [-0.4, -0.2) is 23.4 Å². The molecule has 5 heteroatoms. The van der Waals surface area contributed by atoms with Gasteiger partial charge in [0, 0.05) is 46.1 Å². The van der Waals surface area contributed by atoms with Crippen LogP contribution in [0, 0.1) is 22.7 Å². The Kier molecular flexibility index (Phi) is 7.58. The van der Waals surface area contributed by atoms with Gasteiger partial charge in [-0.25, -0.2) is 0 Å². The molecule has 0 amide bonds. The van der Waals surface area contributed by atoms with Crippen LogP contribution in [0.2, 0.25) is 0 Å². The molecule has 0 saturated heterocycles. The highest BCUT2D eigenvalue weighted by molar-refractivity contribution is 6.32. The zero-order chi connectivity index (χ0) is 29.5. The Hall–Kier alpha value is -3.86. The molecule has 0 saturated carbocycles. The van der Waals surface area contributed by atoms with Crippen LogP contribution < -0.4 is 4.90 Å². The van der Waals surface area contributed by atoms with Gasteiger partial charge in [-0.15, -0.1) is 0 Å². The minimum atomic E-state index is -0.211. The molecule has 2 heterocycles. The van der Waals surface area contributed by atoms with Crippen LogP contribution in [0.4, 0.5) is 11.4 Å². The van der Waals surface area contributed by atoms with Gasteiger partial charge in [0.1, 0.15) is 6.54 Å². The summed E-state index contributed by atoms with van der Waals surface area (Å²) in [4.78, 5) is 2.35. The molecule has 41 heavy (non-hydrogen) atoms. The fourth-order valence-electron chi connectivity index (χ4n) is 6.74. The SMILES string of the molecule is CCN1/C(=C/C=C2\CCCC(/C=C/C3=[N+](CC)c4ccc(C#N)cc4C3(C)C)=C2Cl)C(C)(C)c2cc(C#N)ccc21. The minimum absolute atomic E-state index is 0.211. The second-order valence-electron chi connectivity index (χ2n) is 12.1. The number of hydrogen-bond donors (Lipinski definition) is 0. The van der Waals surface area contributed by atoms with Crippen LogP contribution in [0.1, 0.15) is 83.1 Å². The Labute approximate surface area is 249 Å². The fraction of sp³-hybridized carbons (Fsp3) is 0.361. The maximum atomic E-state index is 9.46. The molecule has 0 unspecified atom stereocenters. The van der Waals surface area contributed by atoms with E-state index in [4.69, 9.17) is 11.6 Å². The molecule has 0 aromatic heterocycles. The van der Waals surface area contributed by atoms with E-state index < -0.39 is 0 Å². The first-order valence-corrected chi connectivity index (χ1v) is 15.0. The lowest BCUT2D eigenvalue weighted by atomic mass is 9.80. The summed E-state index contributed by atoms with van der Waals surface area (Å²) < 4.78 is 2.35. The summed E-state index contributed by atoms with van der Waals surface area (Å²) in [5.41, 5.74) is 10.5. The molecule has 0 radical (unpaired) electrons. The molecule has 4 nitrogen and oxygen atoms in total. The summed E-state index contributed by atoms with van der Waals surface area (Å²) >= 11 is 7.08. The standard InChI is InChI=1S/C36H38ClN4/c1-7-40-30-16-12-24(22-38)20-28(30)35(3,4)32(40)18-14-26-10-9-11-27(34(26)37)15-19-33-36(5,6)29-21-25(23-39)13-17-31(29)41(33)8-2/h12-21H,7-11H2,1-6H3/q+1. The monoisotopic (exact) mass is 561 g/mol. The first kappa shape index (κ1) is 28.7. The molecule has 1 aliphatic carbocycles. The number of allylic oxidation sites excluding steroid dienone is 8. The molecule has 0 fully saturated rings. The van der Waals surface area contributed by atoms with Gasteiger partial charge >= 0.3 is 0 Å². The van der Waals surface area contributed by atoms with Crippen molar-refractivity contribution >= 4 is 28.7 Å². The van der Waals surface area contributed by atoms with E-state index in [2.05, 4.69) is 99.6 Å². The van der Waals surface area contributed by atoms with Crippen LogP contribution in [0.25, 0.3) is 0 Å². The van der Waals surface area contributed by atoms with Crippen molar-refractivity contribution in [1.29, 1.82) is 10.5 Å². The molecule has 208 valence electrons. The van der Waals surface area contributed by atoms with Gasteiger partial charge in [-0.1, -0.05) is 37.6 Å². The van der Waals surface area contributed by atoms with Crippen molar-refractivity contribution in [3.8, 4) is 12.1 Å². The maximum absolute atomic E-state index is 9.46. The van der Waals surface area contributed by atoms with Crippen molar-refractivity contribution in [2.75, 3.05) is 18.0 Å². The molecule has 0 N–H and O–H groups in total. The molecule has 0 bridgehead atoms. The Morgan fingerprint density at radius 1 is 0.902 bits per heavy atom. The smallest absolute Gasteiger partial charge is 0.209 e. The zero-order valence-electron chi connectivity index (χ0n) is 25.0. The van der Waals surface area contributed by atoms with Gasteiger partial charge in [0.2, 0.25) is 5.69 Å². The first-order chi connectivity index (χ1) is 19.6. The second-order valence-corrected chi connectivity index (χ2v) is 12.5. The largest absolute Gasteiger partial charge is 0.344 e. The van der Waals surface area contributed by atoms with Crippen molar-refractivity contribution in [1.82, 2.24) is 0 Å². The number of rotatable bonds is 5. The van der Waals surface area contributed by atoms with Gasteiger partial charge < -0.3 is 4.90 Å². The van der Waals surface area contributed by atoms with E-state index in [1.165, 1.54) is 33.9 Å². The average Bonchev–Trinajstić information content (AvgIpc) is 3.32. The normalized spacial score (nSPS) is 21.0. The van der Waals surface area contributed by atoms with Crippen molar-refractivity contribution in [2.45, 2.75) is 71.6 Å². The van der Waals surface area contributed by atoms with Crippen LogP contribution in [0.5, 0.6) is 0 Å². The third kappa shape index (κ3) is 4.75. The predicted octanol–water partition coefficient (Wildman–Crippen LogP) is 8.69. The number of benzene rings is 2. The fourth-order valence-corrected chi connectivity index (χ4v) is 7.05. The van der Waals surface area contributed by atoms with Crippen LogP contribution in [-0.2, 0) is 10.8 Å². The third-order valence-corrected chi connectivity index (χ3v) is 9.50. The van der Waals surface area contributed by atoms with Gasteiger partial charge in [-0.3, -0.25) is 0 Å². The first-order valence-electron chi connectivity index (χ1n) is 14.6. The number of halogens is 1. The number of anilines is 1. The van der Waals surface area contributed by atoms with E-state index in [0.717, 1.165) is 48.5 Å². The van der Waals surface area contributed by atoms with Crippen LogP contribution in [0.15, 0.2) is 82.6 Å². The summed E-state index contributed by atoms with van der Waals surface area (Å²) in [7, 11) is 0. The number of nitrogens with zero attached hydrogens (tertiary/aromatic N) is 4. The number of fused-ring (bicyclic) bond motifs is 2. The number of nitriles is 2. The molecule has 2 aromatic rings. The highest BCUT2D eigenvalue weighted by atomic mass is 35.5. The topological polar surface area (TPSA) is 53.8 Å². The Bertz CT molecular complexity index is 1660. The number of likely N-dealkylation sites (N-methyl/N-ethyl adjacent to an activating group) is 1. The third-order valence-electron chi connectivity index (χ3n) is 9.02. The van der Waals surface area contributed by atoms with E-state index in [0.29, 0.717) is 11.1 Å². The lowest BCUT2D eigenvalue weighted by molar-refractivity contribution is -0.433. The zero-order valence-corrected chi connectivity index (χ0v) is 25.7. The van der Waals surface area contributed by atoms with Gasteiger partial charge in [0.25, 0.3) is 0 Å². The Morgan fingerprint density at radius 2 is 1.59 bits per heavy atom. The highest BCUT2D eigenvalue weighted by Crippen LogP contribution is 2.48. The molecule has 2 aliphatic heterocycles. The van der Waals surface area contributed by atoms with Gasteiger partial charge in [-0.2, -0.15) is 15.1 Å². The maximum Gasteiger partial charge on any atom is 0.209 e. The van der Waals surface area contributed by atoms with E-state index >= 15 is 0 Å². The molecule has 3 aliphatic rings. The summed E-state index contributed by atoms with van der Waals surface area (Å²) in [5, 5.41) is 19.8. The predicted molar refractivity (Wildman–Crippen MR) is 169 cm³/mol.